The molecule has 2 aromatic carbocycles. The molecule has 3 heterocycles. The number of piperidine rings is 1. The molecule has 0 radical (unpaired) electrons. The first-order valence-corrected chi connectivity index (χ1v) is 9.66. The molecule has 5 heteroatoms. The van der Waals surface area contributed by atoms with E-state index < -0.39 is 0 Å². The summed E-state index contributed by atoms with van der Waals surface area (Å²) in [6, 6.07) is 19.0. The minimum atomic E-state index is 0.671. The van der Waals surface area contributed by atoms with Crippen molar-refractivity contribution in [2.24, 2.45) is 0 Å². The van der Waals surface area contributed by atoms with Crippen LogP contribution in [0.2, 0.25) is 0 Å². The molecule has 1 aliphatic heterocycles. The zero-order chi connectivity index (χ0) is 18.2. The molecule has 27 heavy (non-hydrogen) atoms. The number of benzene rings is 2. The quantitative estimate of drug-likeness (QED) is 0.557. The predicted molar refractivity (Wildman–Crippen MR) is 107 cm³/mol. The minimum absolute atomic E-state index is 0.671. The molecule has 0 spiro atoms. The van der Waals surface area contributed by atoms with Crippen molar-refractivity contribution >= 4 is 16.6 Å². The Morgan fingerprint density at radius 2 is 1.67 bits per heavy atom. The highest BCUT2D eigenvalue weighted by atomic mass is 15.3. The summed E-state index contributed by atoms with van der Waals surface area (Å²) in [4.78, 5) is 7.24. The summed E-state index contributed by atoms with van der Waals surface area (Å²) in [6.45, 7) is 5.04. The topological polar surface area (TPSA) is 46.3 Å². The number of hydrogen-bond acceptors (Lipinski definition) is 4. The number of likely N-dealkylation sites (tertiary alicyclic amines) is 1. The number of aryl methyl sites for hydroxylation is 1. The molecule has 1 fully saturated rings. The fourth-order valence-electron chi connectivity index (χ4n) is 4.27. The summed E-state index contributed by atoms with van der Waals surface area (Å²) < 4.78 is 2.12. The first kappa shape index (κ1) is 16.4. The largest absolute Gasteiger partial charge is 0.296 e. The summed E-state index contributed by atoms with van der Waals surface area (Å²) in [5.74, 6) is 2.60. The molecule has 0 bridgehead atoms. The van der Waals surface area contributed by atoms with Gasteiger partial charge < -0.3 is 0 Å². The van der Waals surface area contributed by atoms with Crippen LogP contribution in [0.4, 0.5) is 0 Å². The highest BCUT2D eigenvalue weighted by Crippen LogP contribution is 2.28. The lowest BCUT2D eigenvalue weighted by molar-refractivity contribution is 0.199. The van der Waals surface area contributed by atoms with Gasteiger partial charge in [0.15, 0.2) is 11.5 Å². The monoisotopic (exact) mass is 357 g/mol. The van der Waals surface area contributed by atoms with E-state index in [1.54, 1.807) is 0 Å². The third-order valence-corrected chi connectivity index (χ3v) is 5.70. The molecule has 0 aliphatic carbocycles. The van der Waals surface area contributed by atoms with Crippen LogP contribution < -0.4 is 0 Å². The first-order valence-electron chi connectivity index (χ1n) is 9.66. The second-order valence-electron chi connectivity index (χ2n) is 7.41. The van der Waals surface area contributed by atoms with Gasteiger partial charge in [-0.25, -0.2) is 4.98 Å². The Kier molecular flexibility index (Phi) is 4.09. The Labute approximate surface area is 158 Å². The molecule has 0 unspecified atom stereocenters. The molecule has 1 saturated heterocycles. The van der Waals surface area contributed by atoms with E-state index in [1.165, 1.54) is 18.4 Å². The van der Waals surface area contributed by atoms with E-state index in [1.807, 2.05) is 25.1 Å². The second-order valence-corrected chi connectivity index (χ2v) is 7.41. The Hall–Kier alpha value is -2.79. The number of nitrogens with zero attached hydrogens (tertiary/aromatic N) is 5. The summed E-state index contributed by atoms with van der Waals surface area (Å²) in [5.41, 5.74) is 3.36. The summed E-state index contributed by atoms with van der Waals surface area (Å²) in [6.07, 6.45) is 2.39. The Morgan fingerprint density at radius 1 is 0.926 bits per heavy atom. The van der Waals surface area contributed by atoms with Crippen molar-refractivity contribution < 1.29 is 0 Å². The first-order chi connectivity index (χ1) is 13.3. The normalized spacial score (nSPS) is 16.3. The third-order valence-electron chi connectivity index (χ3n) is 5.70. The van der Waals surface area contributed by atoms with E-state index in [9.17, 15) is 0 Å². The molecule has 0 amide bonds. The Balaban J connectivity index is 1.37. The van der Waals surface area contributed by atoms with Gasteiger partial charge in [0.2, 0.25) is 0 Å². The standard InChI is InChI=1S/C22H23N5/c1-16-23-20-10-6-5-9-19(20)22-25-24-21(27(16)22)15-26-13-11-18(12-14-26)17-7-3-2-4-8-17/h2-10,18H,11-15H2,1H3. The maximum atomic E-state index is 4.75. The van der Waals surface area contributed by atoms with E-state index in [0.29, 0.717) is 5.92 Å². The Bertz CT molecular complexity index is 1080. The van der Waals surface area contributed by atoms with Gasteiger partial charge in [-0.2, -0.15) is 0 Å². The average molecular weight is 357 g/mol. The van der Waals surface area contributed by atoms with Gasteiger partial charge in [-0.15, -0.1) is 10.2 Å². The molecule has 136 valence electrons. The molecular weight excluding hydrogens is 334 g/mol. The lowest BCUT2D eigenvalue weighted by atomic mass is 9.89. The third kappa shape index (κ3) is 2.98. The van der Waals surface area contributed by atoms with Crippen LogP contribution in [0.15, 0.2) is 54.6 Å². The average Bonchev–Trinajstić information content (AvgIpc) is 3.14. The van der Waals surface area contributed by atoms with Gasteiger partial charge in [0.25, 0.3) is 0 Å². The number of para-hydroxylation sites is 1. The molecule has 1 aliphatic rings. The fourth-order valence-corrected chi connectivity index (χ4v) is 4.27. The van der Waals surface area contributed by atoms with Crippen molar-refractivity contribution in [3.05, 3.63) is 71.8 Å². The van der Waals surface area contributed by atoms with E-state index in [4.69, 9.17) is 4.98 Å². The van der Waals surface area contributed by atoms with Crippen LogP contribution in [0.1, 0.15) is 36.0 Å². The summed E-state index contributed by atoms with van der Waals surface area (Å²) in [7, 11) is 0. The van der Waals surface area contributed by atoms with Gasteiger partial charge in [0, 0.05) is 5.39 Å². The van der Waals surface area contributed by atoms with Crippen LogP contribution in [-0.2, 0) is 6.54 Å². The lowest BCUT2D eigenvalue weighted by Gasteiger charge is -2.31. The number of rotatable bonds is 3. The highest BCUT2D eigenvalue weighted by molar-refractivity contribution is 5.91. The maximum absolute atomic E-state index is 4.75. The van der Waals surface area contributed by atoms with Crippen LogP contribution in [0.3, 0.4) is 0 Å². The van der Waals surface area contributed by atoms with E-state index in [0.717, 1.165) is 47.8 Å². The molecule has 0 saturated carbocycles. The lowest BCUT2D eigenvalue weighted by Crippen LogP contribution is -2.33. The van der Waals surface area contributed by atoms with Gasteiger partial charge in [0.05, 0.1) is 12.1 Å². The van der Waals surface area contributed by atoms with Crippen molar-refractivity contribution in [1.82, 2.24) is 24.5 Å². The van der Waals surface area contributed by atoms with Crippen molar-refractivity contribution in [2.75, 3.05) is 13.1 Å². The van der Waals surface area contributed by atoms with Crippen molar-refractivity contribution in [2.45, 2.75) is 32.2 Å². The number of fused-ring (bicyclic) bond motifs is 3. The molecule has 5 rings (SSSR count). The highest BCUT2D eigenvalue weighted by Gasteiger charge is 2.22. The fraction of sp³-hybridized carbons (Fsp3) is 0.318. The van der Waals surface area contributed by atoms with E-state index in [-0.39, 0.29) is 0 Å². The van der Waals surface area contributed by atoms with Gasteiger partial charge >= 0.3 is 0 Å². The van der Waals surface area contributed by atoms with Crippen molar-refractivity contribution in [3.63, 3.8) is 0 Å². The number of hydrogen-bond donors (Lipinski definition) is 0. The van der Waals surface area contributed by atoms with Gasteiger partial charge in [-0.3, -0.25) is 9.30 Å². The minimum Gasteiger partial charge on any atom is -0.296 e. The van der Waals surface area contributed by atoms with E-state index >= 15 is 0 Å². The SMILES string of the molecule is Cc1nc2ccccc2c2nnc(CN3CCC(c4ccccc4)CC3)n12. The zero-order valence-corrected chi connectivity index (χ0v) is 15.5. The Morgan fingerprint density at radius 3 is 2.48 bits per heavy atom. The smallest absolute Gasteiger partial charge is 0.171 e. The molecule has 5 nitrogen and oxygen atoms in total. The van der Waals surface area contributed by atoms with Crippen molar-refractivity contribution in [1.29, 1.82) is 0 Å². The maximum Gasteiger partial charge on any atom is 0.171 e. The molecular formula is C22H23N5. The van der Waals surface area contributed by atoms with Gasteiger partial charge in [0.1, 0.15) is 5.82 Å². The van der Waals surface area contributed by atoms with Crippen LogP contribution >= 0.6 is 0 Å². The van der Waals surface area contributed by atoms with Crippen LogP contribution in [-0.4, -0.2) is 37.6 Å². The van der Waals surface area contributed by atoms with Gasteiger partial charge in [-0.05, 0) is 56.5 Å². The summed E-state index contributed by atoms with van der Waals surface area (Å²) in [5, 5.41) is 10.1. The van der Waals surface area contributed by atoms with Gasteiger partial charge in [-0.1, -0.05) is 42.5 Å². The number of aromatic nitrogens is 4. The van der Waals surface area contributed by atoms with E-state index in [2.05, 4.69) is 55.9 Å². The second kappa shape index (κ2) is 6.74. The predicted octanol–water partition coefficient (Wildman–Crippen LogP) is 3.97. The molecule has 0 atom stereocenters. The van der Waals surface area contributed by atoms with Crippen LogP contribution in [0.5, 0.6) is 0 Å². The van der Waals surface area contributed by atoms with Crippen LogP contribution in [0, 0.1) is 6.92 Å². The summed E-state index contributed by atoms with van der Waals surface area (Å²) >= 11 is 0. The van der Waals surface area contributed by atoms with Crippen molar-refractivity contribution in [3.8, 4) is 0 Å². The molecule has 4 aromatic rings. The van der Waals surface area contributed by atoms with Crippen LogP contribution in [0.25, 0.3) is 16.6 Å². The molecule has 0 N–H and O–H groups in total. The molecule has 2 aromatic heterocycles. The zero-order valence-electron chi connectivity index (χ0n) is 15.5.